The zero-order chi connectivity index (χ0) is 15.2. The van der Waals surface area contributed by atoms with Crippen LogP contribution in [0.3, 0.4) is 0 Å². The number of carbonyl (C=O) groups is 1. The van der Waals surface area contributed by atoms with Gasteiger partial charge < -0.3 is 14.4 Å². The summed E-state index contributed by atoms with van der Waals surface area (Å²) >= 11 is 0. The molecule has 5 heteroatoms. The number of para-hydroxylation sites is 1. The SMILES string of the molecule is COc1cccc(C(=O)N(CCC#N)CC2CC2)c1OC. The summed E-state index contributed by atoms with van der Waals surface area (Å²) in [5.41, 5.74) is 0.482. The number of amides is 1. The Labute approximate surface area is 125 Å². The molecular weight excluding hydrogens is 268 g/mol. The highest BCUT2D eigenvalue weighted by molar-refractivity contribution is 5.97. The molecule has 1 aromatic rings. The van der Waals surface area contributed by atoms with Crippen LogP contribution in [0.5, 0.6) is 11.5 Å². The Morgan fingerprint density at radius 2 is 2.14 bits per heavy atom. The molecule has 0 radical (unpaired) electrons. The Kier molecular flexibility index (Phi) is 5.04. The Morgan fingerprint density at radius 3 is 2.71 bits per heavy atom. The minimum atomic E-state index is -0.104. The maximum atomic E-state index is 12.7. The second-order valence-electron chi connectivity index (χ2n) is 5.14. The van der Waals surface area contributed by atoms with Crippen molar-refractivity contribution in [2.24, 2.45) is 5.92 Å². The molecule has 2 rings (SSSR count). The molecule has 0 saturated heterocycles. The molecule has 1 aliphatic carbocycles. The second kappa shape index (κ2) is 6.98. The van der Waals surface area contributed by atoms with Gasteiger partial charge in [-0.2, -0.15) is 5.26 Å². The molecule has 1 saturated carbocycles. The lowest BCUT2D eigenvalue weighted by Crippen LogP contribution is -2.34. The van der Waals surface area contributed by atoms with Gasteiger partial charge in [-0.05, 0) is 30.9 Å². The molecule has 0 unspecified atom stereocenters. The number of hydrogen-bond acceptors (Lipinski definition) is 4. The van der Waals surface area contributed by atoms with Crippen molar-refractivity contribution in [3.05, 3.63) is 23.8 Å². The zero-order valence-electron chi connectivity index (χ0n) is 12.5. The van der Waals surface area contributed by atoms with Gasteiger partial charge >= 0.3 is 0 Å². The van der Waals surface area contributed by atoms with Gasteiger partial charge in [-0.25, -0.2) is 0 Å². The Hall–Kier alpha value is -2.22. The van der Waals surface area contributed by atoms with Gasteiger partial charge in [0.05, 0.1) is 32.3 Å². The summed E-state index contributed by atoms with van der Waals surface area (Å²) in [5.74, 6) is 1.45. The topological polar surface area (TPSA) is 62.6 Å². The van der Waals surface area contributed by atoms with E-state index in [4.69, 9.17) is 14.7 Å². The lowest BCUT2D eigenvalue weighted by atomic mass is 10.1. The van der Waals surface area contributed by atoms with Crippen LogP contribution >= 0.6 is 0 Å². The Bertz CT molecular complexity index is 547. The van der Waals surface area contributed by atoms with E-state index in [9.17, 15) is 4.79 Å². The number of methoxy groups -OCH3 is 2. The van der Waals surface area contributed by atoms with Crippen LogP contribution in [0.2, 0.25) is 0 Å². The van der Waals surface area contributed by atoms with Crippen molar-refractivity contribution < 1.29 is 14.3 Å². The largest absolute Gasteiger partial charge is 0.493 e. The van der Waals surface area contributed by atoms with Crippen LogP contribution in [0.15, 0.2) is 18.2 Å². The van der Waals surface area contributed by atoms with Crippen molar-refractivity contribution >= 4 is 5.91 Å². The summed E-state index contributed by atoms with van der Waals surface area (Å²) in [6, 6.07) is 7.36. The minimum Gasteiger partial charge on any atom is -0.493 e. The Balaban J connectivity index is 2.24. The molecule has 0 bridgehead atoms. The van der Waals surface area contributed by atoms with Crippen LogP contribution in [0, 0.1) is 17.2 Å². The van der Waals surface area contributed by atoms with E-state index >= 15 is 0 Å². The molecule has 1 fully saturated rings. The number of carbonyl (C=O) groups excluding carboxylic acids is 1. The highest BCUT2D eigenvalue weighted by Gasteiger charge is 2.28. The number of rotatable bonds is 7. The smallest absolute Gasteiger partial charge is 0.257 e. The van der Waals surface area contributed by atoms with E-state index in [-0.39, 0.29) is 5.91 Å². The first kappa shape index (κ1) is 15.2. The summed E-state index contributed by atoms with van der Waals surface area (Å²) in [6.45, 7) is 1.16. The van der Waals surface area contributed by atoms with E-state index in [1.54, 1.807) is 30.2 Å². The van der Waals surface area contributed by atoms with E-state index in [0.717, 1.165) is 12.8 Å². The average molecular weight is 288 g/mol. The lowest BCUT2D eigenvalue weighted by molar-refractivity contribution is 0.0747. The van der Waals surface area contributed by atoms with Crippen LogP contribution in [0.1, 0.15) is 29.6 Å². The van der Waals surface area contributed by atoms with Crippen molar-refractivity contribution in [1.29, 1.82) is 5.26 Å². The molecule has 5 nitrogen and oxygen atoms in total. The maximum Gasteiger partial charge on any atom is 0.257 e. The lowest BCUT2D eigenvalue weighted by Gasteiger charge is -2.23. The maximum absolute atomic E-state index is 12.7. The number of benzene rings is 1. The predicted molar refractivity (Wildman–Crippen MR) is 78.4 cm³/mol. The van der Waals surface area contributed by atoms with E-state index < -0.39 is 0 Å². The first-order chi connectivity index (χ1) is 10.2. The molecular formula is C16H20N2O3. The summed E-state index contributed by atoms with van der Waals surface area (Å²) in [7, 11) is 3.07. The minimum absolute atomic E-state index is 0.104. The van der Waals surface area contributed by atoms with Crippen LogP contribution in [0.4, 0.5) is 0 Å². The first-order valence-corrected chi connectivity index (χ1v) is 7.08. The van der Waals surface area contributed by atoms with Gasteiger partial charge in [0.2, 0.25) is 0 Å². The van der Waals surface area contributed by atoms with Gasteiger partial charge in [0.25, 0.3) is 5.91 Å². The van der Waals surface area contributed by atoms with Crippen molar-refractivity contribution in [3.63, 3.8) is 0 Å². The van der Waals surface area contributed by atoms with Gasteiger partial charge in [0.15, 0.2) is 11.5 Å². The summed E-state index contributed by atoms with van der Waals surface area (Å²) in [6.07, 6.45) is 2.65. The third-order valence-corrected chi connectivity index (χ3v) is 3.59. The average Bonchev–Trinajstić information content (AvgIpc) is 3.33. The summed E-state index contributed by atoms with van der Waals surface area (Å²) in [5, 5.41) is 8.77. The zero-order valence-corrected chi connectivity index (χ0v) is 12.5. The molecule has 0 N–H and O–H groups in total. The molecule has 1 amide bonds. The number of ether oxygens (including phenoxy) is 2. The van der Waals surface area contributed by atoms with Crippen LogP contribution in [-0.2, 0) is 0 Å². The van der Waals surface area contributed by atoms with E-state index in [1.165, 1.54) is 7.11 Å². The second-order valence-corrected chi connectivity index (χ2v) is 5.14. The molecule has 0 spiro atoms. The molecule has 0 heterocycles. The fourth-order valence-electron chi connectivity index (χ4n) is 2.30. The van der Waals surface area contributed by atoms with E-state index in [0.29, 0.717) is 42.5 Å². The standard InChI is InChI=1S/C16H20N2O3/c1-20-14-6-3-5-13(15(14)21-2)16(19)18(10-4-9-17)11-12-7-8-12/h3,5-6,12H,4,7-8,10-11H2,1-2H3. The third kappa shape index (κ3) is 3.66. The van der Waals surface area contributed by atoms with Crippen LogP contribution in [0.25, 0.3) is 0 Å². The quantitative estimate of drug-likeness (QED) is 0.773. The fourth-order valence-corrected chi connectivity index (χ4v) is 2.30. The van der Waals surface area contributed by atoms with Gasteiger partial charge in [-0.3, -0.25) is 4.79 Å². The van der Waals surface area contributed by atoms with Gasteiger partial charge in [-0.1, -0.05) is 6.07 Å². The monoisotopic (exact) mass is 288 g/mol. The predicted octanol–water partition coefficient (Wildman–Crippen LogP) is 2.47. The molecule has 0 aromatic heterocycles. The van der Waals surface area contributed by atoms with Gasteiger partial charge in [0, 0.05) is 13.1 Å². The third-order valence-electron chi connectivity index (χ3n) is 3.59. The summed E-state index contributed by atoms with van der Waals surface area (Å²) in [4.78, 5) is 14.5. The number of nitriles is 1. The normalized spacial score (nSPS) is 13.4. The molecule has 112 valence electrons. The highest BCUT2D eigenvalue weighted by Crippen LogP contribution is 2.34. The molecule has 1 aromatic carbocycles. The molecule has 0 atom stereocenters. The van der Waals surface area contributed by atoms with Gasteiger partial charge in [-0.15, -0.1) is 0 Å². The van der Waals surface area contributed by atoms with Crippen LogP contribution in [-0.4, -0.2) is 38.1 Å². The van der Waals surface area contributed by atoms with Crippen LogP contribution < -0.4 is 9.47 Å². The van der Waals surface area contributed by atoms with Crippen molar-refractivity contribution in [2.75, 3.05) is 27.3 Å². The summed E-state index contributed by atoms with van der Waals surface area (Å²) < 4.78 is 10.6. The Morgan fingerprint density at radius 1 is 1.38 bits per heavy atom. The van der Waals surface area contributed by atoms with E-state index in [1.807, 2.05) is 0 Å². The fraction of sp³-hybridized carbons (Fsp3) is 0.500. The highest BCUT2D eigenvalue weighted by atomic mass is 16.5. The van der Waals surface area contributed by atoms with Crippen molar-refractivity contribution in [3.8, 4) is 17.6 Å². The number of nitrogens with zero attached hydrogens (tertiary/aromatic N) is 2. The molecule has 1 aliphatic rings. The van der Waals surface area contributed by atoms with Crippen molar-refractivity contribution in [2.45, 2.75) is 19.3 Å². The van der Waals surface area contributed by atoms with Crippen molar-refractivity contribution in [1.82, 2.24) is 4.90 Å². The number of hydrogen-bond donors (Lipinski definition) is 0. The first-order valence-electron chi connectivity index (χ1n) is 7.08. The molecule has 0 aliphatic heterocycles. The van der Waals surface area contributed by atoms with E-state index in [2.05, 4.69) is 6.07 Å². The van der Waals surface area contributed by atoms with Gasteiger partial charge in [0.1, 0.15) is 0 Å². The molecule has 21 heavy (non-hydrogen) atoms.